The first-order valence-corrected chi connectivity index (χ1v) is 6.84. The van der Waals surface area contributed by atoms with Gasteiger partial charge >= 0.3 is 0 Å². The zero-order chi connectivity index (χ0) is 13.1. The smallest absolute Gasteiger partial charge is 0.266 e. The molecule has 1 amide bonds. The fourth-order valence-electron chi connectivity index (χ4n) is 1.50. The van der Waals surface area contributed by atoms with Crippen molar-refractivity contribution in [2.75, 3.05) is 6.54 Å². The van der Waals surface area contributed by atoms with Crippen molar-refractivity contribution in [1.29, 1.82) is 0 Å². The van der Waals surface area contributed by atoms with Crippen molar-refractivity contribution in [1.82, 2.24) is 4.90 Å². The van der Waals surface area contributed by atoms with Gasteiger partial charge in [-0.2, -0.15) is 0 Å². The van der Waals surface area contributed by atoms with Crippen molar-refractivity contribution in [3.8, 4) is 0 Å². The monoisotopic (exact) mass is 295 g/mol. The lowest BCUT2D eigenvalue weighted by Crippen LogP contribution is -2.27. The molecule has 0 aliphatic carbocycles. The predicted molar refractivity (Wildman–Crippen MR) is 81.5 cm³/mol. The van der Waals surface area contributed by atoms with Crippen molar-refractivity contribution >= 4 is 51.9 Å². The van der Waals surface area contributed by atoms with Crippen LogP contribution in [0.5, 0.6) is 0 Å². The van der Waals surface area contributed by atoms with Crippen LogP contribution in [-0.4, -0.2) is 21.7 Å². The topological polar surface area (TPSA) is 20.3 Å². The number of hydrogen-bond acceptors (Lipinski definition) is 3. The molecule has 0 N–H and O–H groups in total. The first kappa shape index (κ1) is 13.3. The molecule has 2 nitrogen and oxygen atoms in total. The largest absolute Gasteiger partial charge is 0.289 e. The molecule has 0 aromatic heterocycles. The molecule has 0 unspecified atom stereocenters. The number of rotatable bonds is 3. The molecule has 18 heavy (non-hydrogen) atoms. The molecule has 2 rings (SSSR count). The van der Waals surface area contributed by atoms with Gasteiger partial charge in [0.1, 0.15) is 4.32 Å². The Morgan fingerprint density at radius 3 is 2.67 bits per heavy atom. The first-order valence-electron chi connectivity index (χ1n) is 5.23. The fraction of sp³-hybridized carbons (Fsp3) is 0.0769. The summed E-state index contributed by atoms with van der Waals surface area (Å²) in [6.45, 7) is 4.06. The summed E-state index contributed by atoms with van der Waals surface area (Å²) >= 11 is 12.3. The quantitative estimate of drug-likeness (QED) is 0.481. The molecular formula is C13H10ClNOS2. The number of thiocarbonyl (C=S) groups is 1. The number of hydrogen-bond donors (Lipinski definition) is 0. The van der Waals surface area contributed by atoms with Gasteiger partial charge in [0, 0.05) is 11.6 Å². The molecular weight excluding hydrogens is 286 g/mol. The van der Waals surface area contributed by atoms with Gasteiger partial charge in [0.15, 0.2) is 0 Å². The van der Waals surface area contributed by atoms with Crippen LogP contribution in [-0.2, 0) is 4.79 Å². The van der Waals surface area contributed by atoms with E-state index in [9.17, 15) is 4.79 Å². The lowest BCUT2D eigenvalue weighted by atomic mass is 10.2. The maximum Gasteiger partial charge on any atom is 0.266 e. The van der Waals surface area contributed by atoms with E-state index in [4.69, 9.17) is 23.8 Å². The Morgan fingerprint density at radius 1 is 1.39 bits per heavy atom. The minimum absolute atomic E-state index is 0.0696. The molecule has 0 atom stereocenters. The Morgan fingerprint density at radius 2 is 2.06 bits per heavy atom. The summed E-state index contributed by atoms with van der Waals surface area (Å²) in [7, 11) is 0. The molecule has 92 valence electrons. The second-order valence-electron chi connectivity index (χ2n) is 3.63. The van der Waals surface area contributed by atoms with Crippen LogP contribution in [0.1, 0.15) is 5.56 Å². The highest BCUT2D eigenvalue weighted by atomic mass is 35.5. The van der Waals surface area contributed by atoms with E-state index >= 15 is 0 Å². The highest BCUT2D eigenvalue weighted by Gasteiger charge is 2.30. The van der Waals surface area contributed by atoms with Gasteiger partial charge < -0.3 is 0 Å². The number of carbonyl (C=O) groups excluding carboxylic acids is 1. The van der Waals surface area contributed by atoms with Gasteiger partial charge in [0.05, 0.1) is 4.91 Å². The molecule has 1 aromatic rings. The van der Waals surface area contributed by atoms with Crippen LogP contribution < -0.4 is 0 Å². The predicted octanol–water partition coefficient (Wildman–Crippen LogP) is 3.73. The van der Waals surface area contributed by atoms with Crippen LogP contribution in [0.4, 0.5) is 0 Å². The third kappa shape index (κ3) is 2.83. The van der Waals surface area contributed by atoms with E-state index in [1.165, 1.54) is 16.7 Å². The fourth-order valence-corrected chi connectivity index (χ4v) is 2.90. The summed E-state index contributed by atoms with van der Waals surface area (Å²) in [5, 5.41) is 0.673. The molecule has 1 aliphatic rings. The van der Waals surface area contributed by atoms with Crippen molar-refractivity contribution in [3.63, 3.8) is 0 Å². The minimum Gasteiger partial charge on any atom is -0.289 e. The Balaban J connectivity index is 2.24. The van der Waals surface area contributed by atoms with Crippen LogP contribution in [0.3, 0.4) is 0 Å². The van der Waals surface area contributed by atoms with E-state index in [1.807, 2.05) is 18.2 Å². The number of nitrogens with zero attached hydrogens (tertiary/aromatic N) is 1. The summed E-state index contributed by atoms with van der Waals surface area (Å²) in [5.74, 6) is -0.0696. The van der Waals surface area contributed by atoms with Gasteiger partial charge in [-0.25, -0.2) is 0 Å². The normalized spacial score (nSPS) is 17.6. The molecule has 5 heteroatoms. The van der Waals surface area contributed by atoms with Gasteiger partial charge in [0.2, 0.25) is 0 Å². The lowest BCUT2D eigenvalue weighted by Gasteiger charge is -2.10. The molecule has 0 radical (unpaired) electrons. The van der Waals surface area contributed by atoms with Crippen molar-refractivity contribution < 1.29 is 4.79 Å². The third-order valence-corrected chi connectivity index (χ3v) is 3.98. The zero-order valence-electron chi connectivity index (χ0n) is 9.43. The van der Waals surface area contributed by atoms with E-state index in [1.54, 1.807) is 18.2 Å². The van der Waals surface area contributed by atoms with Crippen molar-refractivity contribution in [3.05, 3.63) is 52.4 Å². The van der Waals surface area contributed by atoms with Crippen LogP contribution in [0, 0.1) is 0 Å². The van der Waals surface area contributed by atoms with Gasteiger partial charge in [-0.3, -0.25) is 9.69 Å². The number of carbonyl (C=O) groups is 1. The highest BCUT2D eigenvalue weighted by Crippen LogP contribution is 2.32. The molecule has 1 fully saturated rings. The second kappa shape index (κ2) is 5.69. The second-order valence-corrected chi connectivity index (χ2v) is 5.74. The highest BCUT2D eigenvalue weighted by molar-refractivity contribution is 8.26. The van der Waals surface area contributed by atoms with E-state index in [-0.39, 0.29) is 5.91 Å². The molecule has 1 heterocycles. The van der Waals surface area contributed by atoms with Crippen molar-refractivity contribution in [2.24, 2.45) is 0 Å². The number of amides is 1. The SMILES string of the molecule is C=CCN1C(=O)C(=Cc2ccc(Cl)cc2)SC1=S. The molecule has 0 spiro atoms. The molecule has 1 aliphatic heterocycles. The Bertz CT molecular complexity index is 536. The average molecular weight is 296 g/mol. The Labute approximate surface area is 120 Å². The summed E-state index contributed by atoms with van der Waals surface area (Å²) in [6.07, 6.45) is 3.48. The standard InChI is InChI=1S/C13H10ClNOS2/c1-2-7-15-12(16)11(18-13(15)17)8-9-3-5-10(14)6-4-9/h2-6,8H,1,7H2. The summed E-state index contributed by atoms with van der Waals surface area (Å²) in [6, 6.07) is 7.31. The molecule has 0 saturated carbocycles. The molecule has 1 aromatic carbocycles. The van der Waals surface area contributed by atoms with E-state index < -0.39 is 0 Å². The van der Waals surface area contributed by atoms with Crippen LogP contribution in [0.25, 0.3) is 6.08 Å². The lowest BCUT2D eigenvalue weighted by molar-refractivity contribution is -0.121. The van der Waals surface area contributed by atoms with Crippen LogP contribution in [0.2, 0.25) is 5.02 Å². The number of benzene rings is 1. The van der Waals surface area contributed by atoms with Crippen LogP contribution in [0.15, 0.2) is 41.8 Å². The van der Waals surface area contributed by atoms with Gasteiger partial charge in [-0.15, -0.1) is 6.58 Å². The summed E-state index contributed by atoms with van der Waals surface area (Å²) in [4.78, 5) is 14.2. The number of halogens is 1. The number of thioether (sulfide) groups is 1. The van der Waals surface area contributed by atoms with E-state index in [0.717, 1.165) is 5.56 Å². The maximum absolute atomic E-state index is 12.1. The van der Waals surface area contributed by atoms with Gasteiger partial charge in [-0.05, 0) is 23.8 Å². The van der Waals surface area contributed by atoms with Gasteiger partial charge in [0.25, 0.3) is 5.91 Å². The zero-order valence-corrected chi connectivity index (χ0v) is 11.8. The maximum atomic E-state index is 12.1. The molecule has 0 bridgehead atoms. The summed E-state index contributed by atoms with van der Waals surface area (Å²) < 4.78 is 0.570. The minimum atomic E-state index is -0.0696. The summed E-state index contributed by atoms with van der Waals surface area (Å²) in [5.41, 5.74) is 0.929. The van der Waals surface area contributed by atoms with Crippen molar-refractivity contribution in [2.45, 2.75) is 0 Å². The average Bonchev–Trinajstić information content (AvgIpc) is 2.60. The molecule has 1 saturated heterocycles. The van der Waals surface area contributed by atoms with Gasteiger partial charge in [-0.1, -0.05) is 53.8 Å². The van der Waals surface area contributed by atoms with E-state index in [2.05, 4.69) is 6.58 Å². The Kier molecular flexibility index (Phi) is 4.22. The van der Waals surface area contributed by atoms with Crippen LogP contribution >= 0.6 is 35.6 Å². The Hall–Kier alpha value is -1.10. The third-order valence-electron chi connectivity index (χ3n) is 2.35. The first-order chi connectivity index (χ1) is 8.61. The van der Waals surface area contributed by atoms with E-state index in [0.29, 0.717) is 20.8 Å².